The van der Waals surface area contributed by atoms with Gasteiger partial charge in [0.05, 0.1) is 19.6 Å². The van der Waals surface area contributed by atoms with Crippen LogP contribution in [0.4, 0.5) is 0 Å². The lowest BCUT2D eigenvalue weighted by molar-refractivity contribution is 0.0594. The second kappa shape index (κ2) is 6.20. The van der Waals surface area contributed by atoms with Crippen molar-refractivity contribution < 1.29 is 14.3 Å². The summed E-state index contributed by atoms with van der Waals surface area (Å²) in [6, 6.07) is 8.28. The lowest BCUT2D eigenvalue weighted by Crippen LogP contribution is -2.13. The van der Waals surface area contributed by atoms with Gasteiger partial charge in [0.1, 0.15) is 5.69 Å². The number of nitrogens with zero attached hydrogens (tertiary/aromatic N) is 1. The number of carbonyl (C=O) groups excluding carboxylic acids is 1. The summed E-state index contributed by atoms with van der Waals surface area (Å²) in [6.07, 6.45) is 2.21. The summed E-state index contributed by atoms with van der Waals surface area (Å²) in [4.78, 5) is 15.0. The van der Waals surface area contributed by atoms with Gasteiger partial charge < -0.3 is 14.5 Å². The third-order valence-electron chi connectivity index (χ3n) is 4.27. The van der Waals surface area contributed by atoms with Crippen LogP contribution in [0.15, 0.2) is 18.2 Å². The summed E-state index contributed by atoms with van der Waals surface area (Å²) in [5.41, 5.74) is 3.22. The average Bonchev–Trinajstić information content (AvgIpc) is 2.93. The highest BCUT2D eigenvalue weighted by atomic mass is 16.5. The van der Waals surface area contributed by atoms with Gasteiger partial charge in [0.25, 0.3) is 0 Å². The van der Waals surface area contributed by atoms with Crippen LogP contribution in [-0.4, -0.2) is 31.3 Å². The number of hydrogen-bond acceptors (Lipinski definition) is 4. The van der Waals surface area contributed by atoms with Crippen molar-refractivity contribution in [2.75, 3.05) is 20.3 Å². The summed E-state index contributed by atoms with van der Waals surface area (Å²) in [5, 5.41) is 9.92. The molecule has 0 saturated carbocycles. The second-order valence-corrected chi connectivity index (χ2v) is 5.50. The van der Waals surface area contributed by atoms with Crippen molar-refractivity contribution in [3.8, 4) is 6.07 Å². The molecule has 1 aromatic carbocycles. The molecule has 2 heterocycles. The highest BCUT2D eigenvalue weighted by molar-refractivity contribution is 5.98. The van der Waals surface area contributed by atoms with Crippen LogP contribution in [0.1, 0.15) is 40.4 Å². The van der Waals surface area contributed by atoms with Crippen molar-refractivity contribution >= 4 is 16.9 Å². The zero-order chi connectivity index (χ0) is 15.5. The predicted octanol–water partition coefficient (Wildman–Crippen LogP) is 2.91. The molecule has 1 aromatic heterocycles. The molecule has 1 fully saturated rings. The van der Waals surface area contributed by atoms with E-state index in [2.05, 4.69) is 23.2 Å². The van der Waals surface area contributed by atoms with Crippen molar-refractivity contribution in [2.45, 2.75) is 25.2 Å². The van der Waals surface area contributed by atoms with Gasteiger partial charge in [-0.25, -0.2) is 4.79 Å². The Morgan fingerprint density at radius 2 is 2.23 bits per heavy atom. The SMILES string of the molecule is COC(=O)c1[nH]c2cc(C3CCOCC3)ccc2c1CC#N. The van der Waals surface area contributed by atoms with Crippen LogP contribution in [0.25, 0.3) is 10.9 Å². The Morgan fingerprint density at radius 1 is 1.45 bits per heavy atom. The third kappa shape index (κ3) is 2.58. The van der Waals surface area contributed by atoms with Gasteiger partial charge in [-0.3, -0.25) is 0 Å². The molecule has 0 spiro atoms. The molecule has 0 amide bonds. The van der Waals surface area contributed by atoms with Crippen LogP contribution in [0, 0.1) is 11.3 Å². The second-order valence-electron chi connectivity index (χ2n) is 5.50. The number of aromatic nitrogens is 1. The largest absolute Gasteiger partial charge is 0.464 e. The quantitative estimate of drug-likeness (QED) is 0.884. The van der Waals surface area contributed by atoms with Gasteiger partial charge in [-0.15, -0.1) is 0 Å². The highest BCUT2D eigenvalue weighted by Gasteiger charge is 2.20. The van der Waals surface area contributed by atoms with Crippen molar-refractivity contribution in [2.24, 2.45) is 0 Å². The van der Waals surface area contributed by atoms with Crippen LogP contribution in [0.2, 0.25) is 0 Å². The molecule has 5 nitrogen and oxygen atoms in total. The number of rotatable bonds is 3. The van der Waals surface area contributed by atoms with Gasteiger partial charge in [0, 0.05) is 29.7 Å². The number of benzene rings is 1. The maximum Gasteiger partial charge on any atom is 0.354 e. The van der Waals surface area contributed by atoms with Crippen molar-refractivity contribution in [1.29, 1.82) is 5.26 Å². The highest BCUT2D eigenvalue weighted by Crippen LogP contribution is 2.31. The van der Waals surface area contributed by atoms with Gasteiger partial charge in [-0.05, 0) is 30.4 Å². The normalized spacial score (nSPS) is 15.6. The van der Waals surface area contributed by atoms with Crippen LogP contribution in [-0.2, 0) is 15.9 Å². The molecule has 0 bridgehead atoms. The zero-order valence-electron chi connectivity index (χ0n) is 12.5. The molecule has 5 heteroatoms. The minimum absolute atomic E-state index is 0.182. The molecule has 2 aromatic rings. The summed E-state index contributed by atoms with van der Waals surface area (Å²) in [7, 11) is 1.34. The van der Waals surface area contributed by atoms with Crippen molar-refractivity contribution in [1.82, 2.24) is 4.98 Å². The van der Waals surface area contributed by atoms with Crippen molar-refractivity contribution in [3.63, 3.8) is 0 Å². The molecule has 1 N–H and O–H groups in total. The summed E-state index contributed by atoms with van der Waals surface area (Å²) >= 11 is 0. The van der Waals surface area contributed by atoms with Gasteiger partial charge in [-0.2, -0.15) is 5.26 Å². The van der Waals surface area contributed by atoms with E-state index in [4.69, 9.17) is 14.7 Å². The van der Waals surface area contributed by atoms with E-state index in [-0.39, 0.29) is 6.42 Å². The number of nitriles is 1. The van der Waals surface area contributed by atoms with Crippen LogP contribution in [0.3, 0.4) is 0 Å². The molecule has 0 radical (unpaired) electrons. The molecule has 0 aliphatic carbocycles. The number of aromatic amines is 1. The van der Waals surface area contributed by atoms with Crippen LogP contribution in [0.5, 0.6) is 0 Å². The lowest BCUT2D eigenvalue weighted by atomic mass is 9.91. The molecule has 22 heavy (non-hydrogen) atoms. The number of fused-ring (bicyclic) bond motifs is 1. The Balaban J connectivity index is 2.05. The fraction of sp³-hybridized carbons (Fsp3) is 0.412. The lowest BCUT2D eigenvalue weighted by Gasteiger charge is -2.22. The first-order valence-electron chi connectivity index (χ1n) is 7.42. The van der Waals surface area contributed by atoms with Gasteiger partial charge in [0.15, 0.2) is 0 Å². The van der Waals surface area contributed by atoms with E-state index < -0.39 is 5.97 Å². The van der Waals surface area contributed by atoms with E-state index in [1.807, 2.05) is 6.07 Å². The summed E-state index contributed by atoms with van der Waals surface area (Å²) < 4.78 is 10.2. The van der Waals surface area contributed by atoms with E-state index in [0.717, 1.165) is 37.0 Å². The third-order valence-corrected chi connectivity index (χ3v) is 4.27. The van der Waals surface area contributed by atoms with Gasteiger partial charge >= 0.3 is 5.97 Å². The summed E-state index contributed by atoms with van der Waals surface area (Å²) in [5.74, 6) is 0.0523. The number of H-pyrrole nitrogens is 1. The number of esters is 1. The molecule has 0 atom stereocenters. The Labute approximate surface area is 128 Å². The Hall–Kier alpha value is -2.32. The van der Waals surface area contributed by atoms with Gasteiger partial charge in [0.2, 0.25) is 0 Å². The van der Waals surface area contributed by atoms with Crippen LogP contribution < -0.4 is 0 Å². The molecule has 1 saturated heterocycles. The average molecular weight is 298 g/mol. The Bertz CT molecular complexity index is 736. The van der Waals surface area contributed by atoms with E-state index in [1.165, 1.54) is 12.7 Å². The number of hydrogen-bond donors (Lipinski definition) is 1. The molecule has 1 aliphatic rings. The van der Waals surface area contributed by atoms with Crippen LogP contribution >= 0.6 is 0 Å². The molecule has 3 rings (SSSR count). The maximum atomic E-state index is 11.9. The molecule has 0 unspecified atom stereocenters. The Kier molecular flexibility index (Phi) is 4.12. The van der Waals surface area contributed by atoms with E-state index in [1.54, 1.807) is 0 Å². The zero-order valence-corrected chi connectivity index (χ0v) is 12.5. The molecular formula is C17H18N2O3. The fourth-order valence-electron chi connectivity index (χ4n) is 3.10. The smallest absolute Gasteiger partial charge is 0.354 e. The predicted molar refractivity (Wildman–Crippen MR) is 81.7 cm³/mol. The first-order valence-corrected chi connectivity index (χ1v) is 7.42. The van der Waals surface area contributed by atoms with E-state index in [0.29, 0.717) is 17.2 Å². The minimum Gasteiger partial charge on any atom is -0.464 e. The minimum atomic E-state index is -0.436. The first-order chi connectivity index (χ1) is 10.7. The number of ether oxygens (including phenoxy) is 2. The number of methoxy groups -OCH3 is 1. The molecule has 114 valence electrons. The van der Waals surface area contributed by atoms with Gasteiger partial charge in [-0.1, -0.05) is 12.1 Å². The summed E-state index contributed by atoms with van der Waals surface area (Å²) in [6.45, 7) is 1.58. The molecule has 1 aliphatic heterocycles. The number of carbonyl (C=O) groups is 1. The van der Waals surface area contributed by atoms with E-state index in [9.17, 15) is 4.79 Å². The standard InChI is InChI=1S/C17H18N2O3/c1-21-17(20)16-14(4-7-18)13-3-2-12(10-15(13)19-16)11-5-8-22-9-6-11/h2-3,10-11,19H,4-6,8-9H2,1H3. The monoisotopic (exact) mass is 298 g/mol. The topological polar surface area (TPSA) is 75.1 Å². The Morgan fingerprint density at radius 3 is 2.91 bits per heavy atom. The van der Waals surface area contributed by atoms with E-state index >= 15 is 0 Å². The number of nitrogens with one attached hydrogen (secondary N) is 1. The first kappa shape index (κ1) is 14.6. The van der Waals surface area contributed by atoms with Crippen molar-refractivity contribution in [3.05, 3.63) is 35.0 Å². The fourth-order valence-corrected chi connectivity index (χ4v) is 3.10. The maximum absolute atomic E-state index is 11.9. The molecular weight excluding hydrogens is 280 g/mol.